The number of hydrogen-bond donors (Lipinski definition) is 1. The van der Waals surface area contributed by atoms with Crippen LogP contribution in [0.2, 0.25) is 5.02 Å². The minimum absolute atomic E-state index is 0.312. The summed E-state index contributed by atoms with van der Waals surface area (Å²) in [5.41, 5.74) is 7.56. The second-order valence-electron chi connectivity index (χ2n) is 11.8. The Hall–Kier alpha value is -3.73. The lowest BCUT2D eigenvalue weighted by Crippen LogP contribution is -2.46. The van der Waals surface area contributed by atoms with Gasteiger partial charge in [-0.3, -0.25) is 9.58 Å². The summed E-state index contributed by atoms with van der Waals surface area (Å²) >= 11 is 8.43. The standard InChI is InChI=1S/C32H32ClFN8S/c1-19-25(21-3-5-23(6-4-21)41-11-10-39-9-7-24(41)16-39)14-27(33)26-17-42(38-29(19)26)31(20(2)37-32-35-8-12-43-32)30-28-13-22(34)15-40(28)18-36-30/h3-6,8,12,14,17-18,22,24,31H,2,7,9-11,13,15-16H2,1H3,(H,35,37)/t22-,24?,31?/m1/s1. The van der Waals surface area contributed by atoms with Crippen LogP contribution in [0, 0.1) is 6.92 Å². The van der Waals surface area contributed by atoms with Crippen LogP contribution in [0.15, 0.2) is 66.7 Å². The number of piperazine rings is 1. The van der Waals surface area contributed by atoms with Gasteiger partial charge in [-0.2, -0.15) is 5.10 Å². The van der Waals surface area contributed by atoms with Crippen LogP contribution >= 0.6 is 22.9 Å². The molecule has 5 aromatic rings. The Balaban J connectivity index is 1.17. The van der Waals surface area contributed by atoms with E-state index in [4.69, 9.17) is 21.7 Å². The SMILES string of the molecule is C=C(Nc1nccs1)C(c1ncn2c1C[C@@H](F)C2)n1cc2c(Cl)cc(-c3ccc(N4CCN5CCC4C5)cc3)c(C)c2n1. The molecule has 2 fully saturated rings. The molecule has 3 unspecified atom stereocenters. The molecule has 4 atom stereocenters. The Labute approximate surface area is 258 Å². The Morgan fingerprint density at radius 3 is 2.84 bits per heavy atom. The van der Waals surface area contributed by atoms with Gasteiger partial charge in [0.25, 0.3) is 0 Å². The fraction of sp³-hybridized carbons (Fsp3) is 0.344. The molecular weight excluding hydrogens is 583 g/mol. The first-order valence-electron chi connectivity index (χ1n) is 14.7. The van der Waals surface area contributed by atoms with Gasteiger partial charge in [-0.15, -0.1) is 11.3 Å². The minimum Gasteiger partial charge on any atom is -0.366 e. The third-order valence-corrected chi connectivity index (χ3v) is 10.2. The molecule has 3 aromatic heterocycles. The first-order valence-corrected chi connectivity index (χ1v) is 16.0. The molecule has 2 aromatic carbocycles. The van der Waals surface area contributed by atoms with Crippen LogP contribution < -0.4 is 10.2 Å². The van der Waals surface area contributed by atoms with Crippen molar-refractivity contribution >= 4 is 44.7 Å². The first-order chi connectivity index (χ1) is 20.9. The van der Waals surface area contributed by atoms with E-state index in [0.717, 1.165) is 57.2 Å². The van der Waals surface area contributed by atoms with E-state index < -0.39 is 12.2 Å². The van der Waals surface area contributed by atoms with Crippen LogP contribution in [0.3, 0.4) is 0 Å². The Morgan fingerprint density at radius 1 is 1.16 bits per heavy atom. The van der Waals surface area contributed by atoms with E-state index >= 15 is 0 Å². The molecule has 6 heterocycles. The Morgan fingerprint density at radius 2 is 2.02 bits per heavy atom. The van der Waals surface area contributed by atoms with Crippen molar-refractivity contribution in [2.45, 2.75) is 44.6 Å². The number of aryl methyl sites for hydroxylation is 1. The molecule has 220 valence electrons. The van der Waals surface area contributed by atoms with Crippen molar-refractivity contribution in [3.05, 3.63) is 88.7 Å². The monoisotopic (exact) mass is 614 g/mol. The summed E-state index contributed by atoms with van der Waals surface area (Å²) < 4.78 is 18.2. The number of anilines is 2. The third-order valence-electron chi connectivity index (χ3n) is 9.22. The van der Waals surface area contributed by atoms with Crippen molar-refractivity contribution in [3.8, 4) is 11.1 Å². The first kappa shape index (κ1) is 26.9. The lowest BCUT2D eigenvalue weighted by molar-refractivity contribution is 0.311. The third kappa shape index (κ3) is 4.63. The summed E-state index contributed by atoms with van der Waals surface area (Å²) in [5, 5.41) is 12.5. The summed E-state index contributed by atoms with van der Waals surface area (Å²) in [4.78, 5) is 14.2. The topological polar surface area (TPSA) is 67.0 Å². The maximum absolute atomic E-state index is 14.4. The van der Waals surface area contributed by atoms with Gasteiger partial charge in [0, 0.05) is 78.9 Å². The number of aromatic nitrogens is 5. The Bertz CT molecular complexity index is 1830. The normalized spacial score (nSPS) is 21.8. The van der Waals surface area contributed by atoms with Crippen LogP contribution in [0.25, 0.3) is 22.0 Å². The van der Waals surface area contributed by atoms with Gasteiger partial charge in [0.1, 0.15) is 12.2 Å². The van der Waals surface area contributed by atoms with Gasteiger partial charge >= 0.3 is 0 Å². The molecule has 2 saturated heterocycles. The number of imidazole rings is 1. The van der Waals surface area contributed by atoms with Crippen LogP contribution in [-0.2, 0) is 13.0 Å². The second kappa shape index (κ2) is 10.5. The molecule has 3 aliphatic heterocycles. The Kier molecular flexibility index (Phi) is 6.54. The average Bonchev–Trinajstić information content (AvgIpc) is 3.83. The molecule has 0 amide bonds. The molecule has 0 aliphatic carbocycles. The smallest absolute Gasteiger partial charge is 0.186 e. The van der Waals surface area contributed by atoms with Crippen molar-refractivity contribution in [2.75, 3.05) is 36.4 Å². The van der Waals surface area contributed by atoms with Crippen molar-refractivity contribution < 1.29 is 4.39 Å². The van der Waals surface area contributed by atoms with Gasteiger partial charge < -0.3 is 14.8 Å². The number of benzene rings is 2. The van der Waals surface area contributed by atoms with Gasteiger partial charge in [-0.25, -0.2) is 14.4 Å². The van der Waals surface area contributed by atoms with Gasteiger partial charge in [-0.1, -0.05) is 30.3 Å². The molecular formula is C32H32ClFN8S. The minimum atomic E-state index is -0.928. The molecule has 11 heteroatoms. The summed E-state index contributed by atoms with van der Waals surface area (Å²) in [7, 11) is 0. The summed E-state index contributed by atoms with van der Waals surface area (Å²) in [6, 6.07) is 11.0. The van der Waals surface area contributed by atoms with Crippen molar-refractivity contribution in [1.29, 1.82) is 0 Å². The molecule has 0 spiro atoms. The number of rotatable bonds is 7. The van der Waals surface area contributed by atoms with Crippen LogP contribution in [0.4, 0.5) is 15.2 Å². The number of fused-ring (bicyclic) bond motifs is 4. The zero-order chi connectivity index (χ0) is 29.2. The van der Waals surface area contributed by atoms with Crippen LogP contribution in [-0.4, -0.2) is 67.6 Å². The molecule has 8 rings (SSSR count). The molecule has 0 radical (unpaired) electrons. The molecule has 3 aliphatic rings. The summed E-state index contributed by atoms with van der Waals surface area (Å²) in [6.45, 7) is 11.3. The number of alkyl halides is 1. The zero-order valence-corrected chi connectivity index (χ0v) is 25.5. The molecule has 43 heavy (non-hydrogen) atoms. The number of nitrogens with zero attached hydrogens (tertiary/aromatic N) is 7. The molecule has 0 saturated carbocycles. The molecule has 8 nitrogen and oxygen atoms in total. The number of allylic oxidation sites excluding steroid dienone is 1. The predicted octanol–water partition coefficient (Wildman–Crippen LogP) is 6.32. The van der Waals surface area contributed by atoms with E-state index in [1.807, 2.05) is 26.9 Å². The maximum atomic E-state index is 14.4. The lowest BCUT2D eigenvalue weighted by atomic mass is 9.98. The molecule has 1 N–H and O–H groups in total. The summed E-state index contributed by atoms with van der Waals surface area (Å²) in [5.74, 6) is 0. The van der Waals surface area contributed by atoms with Gasteiger partial charge in [-0.05, 0) is 48.2 Å². The summed E-state index contributed by atoms with van der Waals surface area (Å²) in [6.07, 6.45) is 6.02. The van der Waals surface area contributed by atoms with Crippen LogP contribution in [0.1, 0.15) is 29.4 Å². The number of nitrogens with one attached hydrogen (secondary N) is 1. The highest BCUT2D eigenvalue weighted by Crippen LogP contribution is 2.38. The largest absolute Gasteiger partial charge is 0.366 e. The maximum Gasteiger partial charge on any atom is 0.186 e. The number of halogens is 2. The number of thiazole rings is 1. The van der Waals surface area contributed by atoms with E-state index in [-0.39, 0.29) is 0 Å². The lowest BCUT2D eigenvalue weighted by Gasteiger charge is -2.36. The average molecular weight is 615 g/mol. The molecule has 2 bridgehead atoms. The predicted molar refractivity (Wildman–Crippen MR) is 171 cm³/mol. The highest BCUT2D eigenvalue weighted by Gasteiger charge is 2.33. The second-order valence-corrected chi connectivity index (χ2v) is 13.1. The van der Waals surface area contributed by atoms with E-state index in [1.54, 1.807) is 12.5 Å². The van der Waals surface area contributed by atoms with E-state index in [9.17, 15) is 4.39 Å². The fourth-order valence-corrected chi connectivity index (χ4v) is 7.86. The van der Waals surface area contributed by atoms with Crippen molar-refractivity contribution in [2.24, 2.45) is 0 Å². The quantitative estimate of drug-likeness (QED) is 0.231. The van der Waals surface area contributed by atoms with Gasteiger partial charge in [0.2, 0.25) is 0 Å². The van der Waals surface area contributed by atoms with Gasteiger partial charge in [0.05, 0.1) is 29.1 Å². The highest BCUT2D eigenvalue weighted by atomic mass is 35.5. The fourth-order valence-electron chi connectivity index (χ4n) is 7.05. The van der Waals surface area contributed by atoms with Gasteiger partial charge in [0.15, 0.2) is 5.13 Å². The van der Waals surface area contributed by atoms with E-state index in [0.29, 0.717) is 29.7 Å². The van der Waals surface area contributed by atoms with Crippen molar-refractivity contribution in [1.82, 2.24) is 29.2 Å². The van der Waals surface area contributed by atoms with E-state index in [2.05, 4.69) is 57.9 Å². The zero-order valence-electron chi connectivity index (χ0n) is 23.9. The van der Waals surface area contributed by atoms with Crippen LogP contribution in [0.5, 0.6) is 0 Å². The number of hydrogen-bond acceptors (Lipinski definition) is 7. The van der Waals surface area contributed by atoms with E-state index in [1.165, 1.54) is 36.5 Å². The highest BCUT2D eigenvalue weighted by molar-refractivity contribution is 7.13. The van der Waals surface area contributed by atoms with Crippen molar-refractivity contribution in [3.63, 3.8) is 0 Å².